The summed E-state index contributed by atoms with van der Waals surface area (Å²) in [7, 11) is 1.60. The minimum absolute atomic E-state index is 0.202. The molecule has 0 saturated carbocycles. The van der Waals surface area contributed by atoms with Crippen molar-refractivity contribution in [1.29, 1.82) is 0 Å². The fourth-order valence-electron chi connectivity index (χ4n) is 2.11. The van der Waals surface area contributed by atoms with E-state index in [0.29, 0.717) is 10.0 Å². The van der Waals surface area contributed by atoms with Gasteiger partial charge in [0.2, 0.25) is 5.91 Å². The number of hydrogen-bond acceptors (Lipinski definition) is 2. The summed E-state index contributed by atoms with van der Waals surface area (Å²) >= 11 is 12.0. The van der Waals surface area contributed by atoms with Crippen molar-refractivity contribution in [2.45, 2.75) is 13.0 Å². The van der Waals surface area contributed by atoms with Gasteiger partial charge >= 0.3 is 0 Å². The van der Waals surface area contributed by atoms with Crippen molar-refractivity contribution in [3.05, 3.63) is 69.7 Å². The largest absolute Gasteiger partial charge is 0.497 e. The maximum Gasteiger partial charge on any atom is 0.244 e. The summed E-state index contributed by atoms with van der Waals surface area (Å²) in [6.45, 7) is 1.87. The molecule has 0 spiro atoms. The molecule has 0 aliphatic carbocycles. The number of nitrogens with one attached hydrogen (secondary N) is 1. The molecule has 0 saturated heterocycles. The van der Waals surface area contributed by atoms with Gasteiger partial charge in [0.15, 0.2) is 0 Å². The molecule has 0 aliphatic heterocycles. The minimum Gasteiger partial charge on any atom is -0.497 e. The summed E-state index contributed by atoms with van der Waals surface area (Å²) < 4.78 is 5.15. The van der Waals surface area contributed by atoms with Gasteiger partial charge in [-0.15, -0.1) is 0 Å². The highest BCUT2D eigenvalue weighted by molar-refractivity contribution is 6.35. The number of methoxy groups -OCH3 is 1. The van der Waals surface area contributed by atoms with Gasteiger partial charge in [0, 0.05) is 16.1 Å². The van der Waals surface area contributed by atoms with Crippen LogP contribution in [0.2, 0.25) is 10.0 Å². The minimum atomic E-state index is -0.220. The zero-order valence-electron chi connectivity index (χ0n) is 12.8. The Kier molecular flexibility index (Phi) is 6.08. The Morgan fingerprint density at radius 2 is 2.00 bits per heavy atom. The Bertz CT molecular complexity index is 729. The van der Waals surface area contributed by atoms with E-state index in [1.165, 1.54) is 6.08 Å². The summed E-state index contributed by atoms with van der Waals surface area (Å²) in [6.07, 6.45) is 3.21. The van der Waals surface area contributed by atoms with Crippen molar-refractivity contribution in [2.24, 2.45) is 0 Å². The lowest BCUT2D eigenvalue weighted by molar-refractivity contribution is -0.117. The van der Waals surface area contributed by atoms with E-state index in [0.717, 1.165) is 16.9 Å². The van der Waals surface area contributed by atoms with E-state index >= 15 is 0 Å². The molecule has 0 unspecified atom stereocenters. The summed E-state index contributed by atoms with van der Waals surface area (Å²) in [4.78, 5) is 12.0. The standard InChI is InChI=1S/C18H17Cl2NO2/c1-12(16-8-7-14(19)11-17(16)20)21-18(22)9-6-13-4-3-5-15(10-13)23-2/h3-12H,1-2H3,(H,21,22)/b9-6+/t12-/m0/s1. The third-order valence-electron chi connectivity index (χ3n) is 3.31. The summed E-state index contributed by atoms with van der Waals surface area (Å²) in [5, 5.41) is 3.97. The van der Waals surface area contributed by atoms with Gasteiger partial charge in [-0.2, -0.15) is 0 Å². The predicted octanol–water partition coefficient (Wildman–Crippen LogP) is 4.89. The van der Waals surface area contributed by atoms with Crippen molar-refractivity contribution in [3.8, 4) is 5.75 Å². The van der Waals surface area contributed by atoms with Crippen molar-refractivity contribution in [3.63, 3.8) is 0 Å². The number of amides is 1. The second-order valence-corrected chi connectivity index (χ2v) is 5.85. The van der Waals surface area contributed by atoms with Crippen LogP contribution >= 0.6 is 23.2 Å². The van der Waals surface area contributed by atoms with Gasteiger partial charge in [-0.3, -0.25) is 4.79 Å². The number of rotatable bonds is 5. The zero-order chi connectivity index (χ0) is 16.8. The number of carbonyl (C=O) groups excluding carboxylic acids is 1. The lowest BCUT2D eigenvalue weighted by Crippen LogP contribution is -2.24. The molecule has 0 aliphatic rings. The zero-order valence-corrected chi connectivity index (χ0v) is 14.4. The van der Waals surface area contributed by atoms with Crippen LogP contribution in [0.4, 0.5) is 0 Å². The second kappa shape index (κ2) is 8.04. The molecule has 1 amide bonds. The first-order valence-corrected chi connectivity index (χ1v) is 7.83. The molecule has 0 radical (unpaired) electrons. The molecule has 2 aromatic rings. The van der Waals surface area contributed by atoms with E-state index in [1.54, 1.807) is 31.4 Å². The molecule has 120 valence electrons. The van der Waals surface area contributed by atoms with Gasteiger partial charge < -0.3 is 10.1 Å². The molecule has 0 heterocycles. The number of carbonyl (C=O) groups is 1. The topological polar surface area (TPSA) is 38.3 Å². The lowest BCUT2D eigenvalue weighted by atomic mass is 10.1. The van der Waals surface area contributed by atoms with Gasteiger partial charge in [0.25, 0.3) is 0 Å². The summed E-state index contributed by atoms with van der Waals surface area (Å²) in [5.41, 5.74) is 1.70. The molecule has 5 heteroatoms. The smallest absolute Gasteiger partial charge is 0.244 e. The Balaban J connectivity index is 2.02. The van der Waals surface area contributed by atoms with Crippen molar-refractivity contribution in [2.75, 3.05) is 7.11 Å². The molecule has 1 N–H and O–H groups in total. The van der Waals surface area contributed by atoms with E-state index in [2.05, 4.69) is 5.32 Å². The third-order valence-corrected chi connectivity index (χ3v) is 3.87. The number of hydrogen-bond donors (Lipinski definition) is 1. The first-order chi connectivity index (χ1) is 11.0. The first-order valence-electron chi connectivity index (χ1n) is 7.07. The van der Waals surface area contributed by atoms with Crippen LogP contribution in [-0.4, -0.2) is 13.0 Å². The van der Waals surface area contributed by atoms with E-state index < -0.39 is 0 Å². The highest BCUT2D eigenvalue weighted by Crippen LogP contribution is 2.26. The van der Waals surface area contributed by atoms with Crippen LogP contribution in [0.15, 0.2) is 48.5 Å². The summed E-state index contributed by atoms with van der Waals surface area (Å²) in [6, 6.07) is 12.5. The average molecular weight is 350 g/mol. The normalized spacial score (nSPS) is 12.2. The van der Waals surface area contributed by atoms with Crippen LogP contribution in [-0.2, 0) is 4.79 Å². The van der Waals surface area contributed by atoms with Crippen LogP contribution in [0.1, 0.15) is 24.1 Å². The molecule has 2 aromatic carbocycles. The van der Waals surface area contributed by atoms with Gasteiger partial charge in [0.1, 0.15) is 5.75 Å². The molecule has 0 aromatic heterocycles. The van der Waals surface area contributed by atoms with E-state index in [9.17, 15) is 4.79 Å². The Hall–Kier alpha value is -1.97. The van der Waals surface area contributed by atoms with Gasteiger partial charge in [0.05, 0.1) is 13.2 Å². The van der Waals surface area contributed by atoms with Crippen LogP contribution in [0.25, 0.3) is 6.08 Å². The Morgan fingerprint density at radius 1 is 1.22 bits per heavy atom. The van der Waals surface area contributed by atoms with Crippen LogP contribution in [0.3, 0.4) is 0 Å². The first kappa shape index (κ1) is 17.4. The molecule has 3 nitrogen and oxygen atoms in total. The highest BCUT2D eigenvalue weighted by Gasteiger charge is 2.11. The quantitative estimate of drug-likeness (QED) is 0.780. The van der Waals surface area contributed by atoms with Crippen molar-refractivity contribution < 1.29 is 9.53 Å². The van der Waals surface area contributed by atoms with Crippen LogP contribution < -0.4 is 10.1 Å². The maximum atomic E-state index is 12.0. The SMILES string of the molecule is COc1cccc(/C=C/C(=O)N[C@@H](C)c2ccc(Cl)cc2Cl)c1. The molecule has 2 rings (SSSR count). The highest BCUT2D eigenvalue weighted by atomic mass is 35.5. The molecule has 1 atom stereocenters. The molecular formula is C18H17Cl2NO2. The monoisotopic (exact) mass is 349 g/mol. The predicted molar refractivity (Wildman–Crippen MR) is 95.0 cm³/mol. The molecular weight excluding hydrogens is 333 g/mol. The fourth-order valence-corrected chi connectivity index (χ4v) is 2.68. The van der Waals surface area contributed by atoms with E-state index in [1.807, 2.05) is 31.2 Å². The average Bonchev–Trinajstić information content (AvgIpc) is 2.53. The van der Waals surface area contributed by atoms with Crippen molar-refractivity contribution >= 4 is 35.2 Å². The molecule has 0 bridgehead atoms. The fraction of sp³-hybridized carbons (Fsp3) is 0.167. The van der Waals surface area contributed by atoms with Gasteiger partial charge in [-0.25, -0.2) is 0 Å². The Labute approximate surface area is 145 Å². The second-order valence-electron chi connectivity index (χ2n) is 5.01. The maximum absolute atomic E-state index is 12.0. The lowest BCUT2D eigenvalue weighted by Gasteiger charge is -2.14. The third kappa shape index (κ3) is 5.02. The van der Waals surface area contributed by atoms with Gasteiger partial charge in [-0.1, -0.05) is 41.4 Å². The van der Waals surface area contributed by atoms with E-state index in [4.69, 9.17) is 27.9 Å². The van der Waals surface area contributed by atoms with Crippen LogP contribution in [0, 0.1) is 0 Å². The summed E-state index contributed by atoms with van der Waals surface area (Å²) in [5.74, 6) is 0.542. The molecule has 0 fully saturated rings. The van der Waals surface area contributed by atoms with E-state index in [-0.39, 0.29) is 11.9 Å². The number of ether oxygens (including phenoxy) is 1. The molecule has 23 heavy (non-hydrogen) atoms. The van der Waals surface area contributed by atoms with Crippen LogP contribution in [0.5, 0.6) is 5.75 Å². The Morgan fingerprint density at radius 3 is 2.70 bits per heavy atom. The van der Waals surface area contributed by atoms with Gasteiger partial charge in [-0.05, 0) is 48.4 Å². The number of halogens is 2. The van der Waals surface area contributed by atoms with Crippen molar-refractivity contribution in [1.82, 2.24) is 5.32 Å². The number of benzene rings is 2.